The topological polar surface area (TPSA) is 125 Å². The number of nitrogens with zero attached hydrogens (tertiary/aromatic N) is 4. The summed E-state index contributed by atoms with van der Waals surface area (Å²) < 4.78 is 25.8. The Labute approximate surface area is 170 Å². The summed E-state index contributed by atoms with van der Waals surface area (Å²) in [7, 11) is -3.34. The van der Waals surface area contributed by atoms with Crippen LogP contribution < -0.4 is 10.0 Å². The largest absolute Gasteiger partial charge is 0.354 e. The molecule has 10 nitrogen and oxygen atoms in total. The van der Waals surface area contributed by atoms with E-state index in [-0.39, 0.29) is 36.4 Å². The molecule has 0 radical (unpaired) electrons. The molecule has 0 bridgehead atoms. The number of hydrogen-bond acceptors (Lipinski definition) is 7. The van der Waals surface area contributed by atoms with E-state index in [0.717, 1.165) is 24.8 Å². The average Bonchev–Trinajstić information content (AvgIpc) is 3.43. The molecule has 1 saturated carbocycles. The lowest BCUT2D eigenvalue weighted by Gasteiger charge is -2.42. The molecule has 1 aromatic rings. The highest BCUT2D eigenvalue weighted by Crippen LogP contribution is 2.30. The van der Waals surface area contributed by atoms with Crippen molar-refractivity contribution in [3.05, 3.63) is 24.3 Å². The molecule has 3 heterocycles. The Hall–Kier alpha value is -2.11. The van der Waals surface area contributed by atoms with Crippen LogP contribution in [0.1, 0.15) is 25.0 Å². The van der Waals surface area contributed by atoms with Crippen molar-refractivity contribution in [2.75, 3.05) is 25.9 Å². The predicted octanol–water partition coefficient (Wildman–Crippen LogP) is -1.29. The summed E-state index contributed by atoms with van der Waals surface area (Å²) in [6.45, 7) is 1.62. The molecular weight excluding hydrogens is 396 g/mol. The second-order valence-corrected chi connectivity index (χ2v) is 9.91. The van der Waals surface area contributed by atoms with Crippen molar-refractivity contribution < 1.29 is 18.0 Å². The maximum absolute atomic E-state index is 13.2. The fourth-order valence-corrected chi connectivity index (χ4v) is 4.97. The first-order valence-electron chi connectivity index (χ1n) is 9.84. The van der Waals surface area contributed by atoms with Crippen LogP contribution in [0, 0.1) is 5.92 Å². The third kappa shape index (κ3) is 4.90. The van der Waals surface area contributed by atoms with Gasteiger partial charge in [-0.2, -0.15) is 0 Å². The number of hydrogen-bond donors (Lipinski definition) is 2. The molecule has 0 spiro atoms. The number of carbonyl (C=O) groups excluding carboxylic acids is 2. The Morgan fingerprint density at radius 3 is 2.72 bits per heavy atom. The van der Waals surface area contributed by atoms with Gasteiger partial charge in [-0.05, 0) is 19.3 Å². The van der Waals surface area contributed by atoms with Gasteiger partial charge in [0.25, 0.3) is 0 Å². The van der Waals surface area contributed by atoms with Crippen LogP contribution in [0.5, 0.6) is 0 Å². The molecule has 2 aliphatic heterocycles. The van der Waals surface area contributed by atoms with Crippen LogP contribution in [0.3, 0.4) is 0 Å². The summed E-state index contributed by atoms with van der Waals surface area (Å²) in [5, 5.41) is 2.91. The van der Waals surface area contributed by atoms with Gasteiger partial charge in [0.15, 0.2) is 0 Å². The summed E-state index contributed by atoms with van der Waals surface area (Å²) in [6, 6.07) is -0.876. The van der Waals surface area contributed by atoms with Crippen molar-refractivity contribution in [2.24, 2.45) is 5.92 Å². The third-order valence-electron chi connectivity index (χ3n) is 5.65. The minimum atomic E-state index is -3.34. The van der Waals surface area contributed by atoms with E-state index in [1.54, 1.807) is 23.5 Å². The molecule has 4 rings (SSSR count). The molecule has 2 amide bonds. The highest BCUT2D eigenvalue weighted by molar-refractivity contribution is 7.88. The van der Waals surface area contributed by atoms with Gasteiger partial charge in [-0.15, -0.1) is 0 Å². The quantitative estimate of drug-likeness (QED) is 0.560. The molecule has 11 heteroatoms. The first-order valence-corrected chi connectivity index (χ1v) is 11.7. The van der Waals surface area contributed by atoms with Gasteiger partial charge in [0, 0.05) is 62.8 Å². The number of nitrogens with one attached hydrogen (secondary N) is 2. The van der Waals surface area contributed by atoms with Gasteiger partial charge in [-0.25, -0.2) is 13.1 Å². The van der Waals surface area contributed by atoms with E-state index >= 15 is 0 Å². The van der Waals surface area contributed by atoms with Crippen LogP contribution in [0.15, 0.2) is 18.6 Å². The summed E-state index contributed by atoms with van der Waals surface area (Å²) in [5.74, 6) is -0.0125. The highest BCUT2D eigenvalue weighted by Gasteiger charge is 2.46. The normalized spacial score (nSPS) is 27.7. The molecule has 3 atom stereocenters. The molecule has 29 heavy (non-hydrogen) atoms. The van der Waals surface area contributed by atoms with Gasteiger partial charge in [-0.3, -0.25) is 24.5 Å². The maximum atomic E-state index is 13.2. The lowest BCUT2D eigenvalue weighted by atomic mass is 10.0. The summed E-state index contributed by atoms with van der Waals surface area (Å²) in [4.78, 5) is 37.5. The van der Waals surface area contributed by atoms with Crippen LogP contribution in [0.2, 0.25) is 0 Å². The van der Waals surface area contributed by atoms with E-state index < -0.39 is 16.1 Å². The zero-order valence-corrected chi connectivity index (χ0v) is 17.1. The maximum Gasteiger partial charge on any atom is 0.242 e. The monoisotopic (exact) mass is 422 g/mol. The number of carbonyl (C=O) groups is 2. The molecular formula is C18H26N6O4S. The van der Waals surface area contributed by atoms with Crippen molar-refractivity contribution in [1.82, 2.24) is 29.8 Å². The van der Waals surface area contributed by atoms with Gasteiger partial charge in [0.1, 0.15) is 6.04 Å². The first kappa shape index (κ1) is 20.2. The number of rotatable bonds is 7. The second kappa shape index (κ2) is 7.96. The minimum absolute atomic E-state index is 0.00239. The van der Waals surface area contributed by atoms with Crippen LogP contribution in [0.25, 0.3) is 0 Å². The Morgan fingerprint density at radius 2 is 2.07 bits per heavy atom. The zero-order valence-electron chi connectivity index (χ0n) is 16.3. The molecule has 0 aromatic carbocycles. The van der Waals surface area contributed by atoms with Gasteiger partial charge >= 0.3 is 0 Å². The van der Waals surface area contributed by atoms with Gasteiger partial charge in [-0.1, -0.05) is 0 Å². The highest BCUT2D eigenvalue weighted by atomic mass is 32.2. The molecule has 0 unspecified atom stereocenters. The van der Waals surface area contributed by atoms with Gasteiger partial charge in [0.2, 0.25) is 21.8 Å². The van der Waals surface area contributed by atoms with E-state index in [0.29, 0.717) is 26.1 Å². The lowest BCUT2D eigenvalue weighted by Crippen LogP contribution is -2.62. The number of piperazine rings is 1. The molecule has 2 saturated heterocycles. The van der Waals surface area contributed by atoms with Crippen LogP contribution in [-0.2, 0) is 26.2 Å². The number of sulfonamides is 1. The molecule has 1 aromatic heterocycles. The predicted molar refractivity (Wildman–Crippen MR) is 104 cm³/mol. The zero-order chi connectivity index (χ0) is 20.6. The van der Waals surface area contributed by atoms with E-state index in [4.69, 9.17) is 0 Å². The second-order valence-electron chi connectivity index (χ2n) is 8.13. The molecule has 2 N–H and O–H groups in total. The van der Waals surface area contributed by atoms with Crippen LogP contribution in [0.4, 0.5) is 0 Å². The SMILES string of the molecule is CS(=O)(=O)N[C@H]1C[C@H]2CN(Cc3cnccn3)[C@@H](CNC(=O)C3CC3)C(=O)N2C1. The van der Waals surface area contributed by atoms with E-state index in [9.17, 15) is 18.0 Å². The summed E-state index contributed by atoms with van der Waals surface area (Å²) in [6.07, 6.45) is 8.37. The van der Waals surface area contributed by atoms with Crippen molar-refractivity contribution in [3.8, 4) is 0 Å². The molecule has 3 aliphatic rings. The van der Waals surface area contributed by atoms with Gasteiger partial charge in [0.05, 0.1) is 11.9 Å². The molecule has 1 aliphatic carbocycles. The average molecular weight is 423 g/mol. The fraction of sp³-hybridized carbons (Fsp3) is 0.667. The smallest absolute Gasteiger partial charge is 0.242 e. The Kier molecular flexibility index (Phi) is 5.54. The Morgan fingerprint density at radius 1 is 1.28 bits per heavy atom. The third-order valence-corrected chi connectivity index (χ3v) is 6.41. The summed E-state index contributed by atoms with van der Waals surface area (Å²) in [5.41, 5.74) is 0.746. The minimum Gasteiger partial charge on any atom is -0.354 e. The fourth-order valence-electron chi connectivity index (χ4n) is 4.19. The van der Waals surface area contributed by atoms with E-state index in [2.05, 4.69) is 20.0 Å². The van der Waals surface area contributed by atoms with E-state index in [1.807, 2.05) is 4.90 Å². The number of amides is 2. The Bertz CT molecular complexity index is 876. The number of fused-ring (bicyclic) bond motifs is 1. The number of aromatic nitrogens is 2. The van der Waals surface area contributed by atoms with Crippen molar-refractivity contribution in [1.29, 1.82) is 0 Å². The molecule has 158 valence electrons. The lowest BCUT2D eigenvalue weighted by molar-refractivity contribution is -0.144. The standard InChI is InChI=1S/C18H26N6O4S/c1-29(27,28)22-13-6-15-11-23(9-14-7-19-4-5-20-14)16(18(26)24(15)10-13)8-21-17(25)12-2-3-12/h4-5,7,12-13,15-16,22H,2-3,6,8-11H2,1H3,(H,21,25)/t13-,15-,16-/m0/s1. The van der Waals surface area contributed by atoms with Crippen molar-refractivity contribution >= 4 is 21.8 Å². The first-order chi connectivity index (χ1) is 13.8. The van der Waals surface area contributed by atoms with Crippen molar-refractivity contribution in [2.45, 2.75) is 43.9 Å². The van der Waals surface area contributed by atoms with Gasteiger partial charge < -0.3 is 10.2 Å². The summed E-state index contributed by atoms with van der Waals surface area (Å²) >= 11 is 0. The Balaban J connectivity index is 1.49. The van der Waals surface area contributed by atoms with Crippen molar-refractivity contribution in [3.63, 3.8) is 0 Å². The molecule has 3 fully saturated rings. The van der Waals surface area contributed by atoms with Crippen LogP contribution >= 0.6 is 0 Å². The van der Waals surface area contributed by atoms with E-state index in [1.165, 1.54) is 0 Å². The van der Waals surface area contributed by atoms with Crippen LogP contribution in [-0.4, -0.2) is 84.0 Å².